The van der Waals surface area contributed by atoms with Crippen molar-refractivity contribution in [1.82, 2.24) is 13.5 Å². The molecule has 0 radical (unpaired) electrons. The number of carbonyl (C=O) groups is 1. The Morgan fingerprint density at radius 2 is 1.89 bits per heavy atom. The summed E-state index contributed by atoms with van der Waals surface area (Å²) >= 11 is 1.69. The van der Waals surface area contributed by atoms with Crippen LogP contribution in [0, 0.1) is 5.92 Å². The summed E-state index contributed by atoms with van der Waals surface area (Å²) in [7, 11) is -0.242. The van der Waals surface area contributed by atoms with Crippen molar-refractivity contribution in [3.05, 3.63) is 29.8 Å². The van der Waals surface area contributed by atoms with E-state index in [4.69, 9.17) is 0 Å². The highest BCUT2D eigenvalue weighted by Crippen LogP contribution is 2.32. The Kier molecular flexibility index (Phi) is 6.50. The fourth-order valence-corrected chi connectivity index (χ4v) is 5.73. The number of carbonyl (C=O) groups excluding carboxylic acids is 1. The Bertz CT molecular complexity index is 765. The summed E-state index contributed by atoms with van der Waals surface area (Å²) in [4.78, 5) is 16.1. The molecule has 27 heavy (non-hydrogen) atoms. The Labute approximate surface area is 167 Å². The fourth-order valence-electron chi connectivity index (χ4n) is 4.14. The molecule has 1 aromatic carbocycles. The van der Waals surface area contributed by atoms with Gasteiger partial charge in [-0.15, -0.1) is 11.8 Å². The first-order valence-electron chi connectivity index (χ1n) is 9.43. The molecule has 3 rings (SSSR count). The molecule has 0 spiro atoms. The molecule has 2 atom stereocenters. The van der Waals surface area contributed by atoms with Crippen LogP contribution in [0.3, 0.4) is 0 Å². The van der Waals surface area contributed by atoms with Crippen LogP contribution < -0.4 is 0 Å². The van der Waals surface area contributed by atoms with Crippen molar-refractivity contribution in [1.29, 1.82) is 0 Å². The summed E-state index contributed by atoms with van der Waals surface area (Å²) in [5.74, 6) is 0.385. The van der Waals surface area contributed by atoms with Gasteiger partial charge in [0.1, 0.15) is 0 Å². The summed E-state index contributed by atoms with van der Waals surface area (Å²) in [6.45, 7) is 1.77. The van der Waals surface area contributed by atoms with Gasteiger partial charge in [0.2, 0.25) is 5.91 Å². The molecular weight excluding hydrogens is 382 g/mol. The van der Waals surface area contributed by atoms with Crippen LogP contribution in [0.4, 0.5) is 0 Å². The van der Waals surface area contributed by atoms with Crippen LogP contribution in [-0.4, -0.2) is 73.9 Å². The van der Waals surface area contributed by atoms with Gasteiger partial charge in [-0.25, -0.2) is 0 Å². The molecule has 1 amide bonds. The molecule has 1 aromatic rings. The Morgan fingerprint density at radius 1 is 1.19 bits per heavy atom. The van der Waals surface area contributed by atoms with E-state index in [2.05, 4.69) is 12.1 Å². The number of rotatable bonds is 5. The molecule has 6 nitrogen and oxygen atoms in total. The summed E-state index contributed by atoms with van der Waals surface area (Å²) in [5.41, 5.74) is 1.03. The lowest BCUT2D eigenvalue weighted by Gasteiger charge is -2.47. The lowest BCUT2D eigenvalue weighted by molar-refractivity contribution is -0.137. The largest absolute Gasteiger partial charge is 0.339 e. The maximum atomic E-state index is 12.9. The van der Waals surface area contributed by atoms with Crippen LogP contribution in [0.2, 0.25) is 0 Å². The molecule has 2 heterocycles. The van der Waals surface area contributed by atoms with Gasteiger partial charge >= 0.3 is 0 Å². The quantitative estimate of drug-likeness (QED) is 0.696. The molecular formula is C19H29N3O3S2. The molecule has 0 N–H and O–H groups in total. The van der Waals surface area contributed by atoms with Crippen molar-refractivity contribution in [2.45, 2.75) is 36.6 Å². The van der Waals surface area contributed by atoms with Crippen molar-refractivity contribution in [3.63, 3.8) is 0 Å². The highest BCUT2D eigenvalue weighted by molar-refractivity contribution is 7.98. The van der Waals surface area contributed by atoms with Gasteiger partial charge in [0, 0.05) is 44.7 Å². The number of thioether (sulfide) groups is 1. The van der Waals surface area contributed by atoms with E-state index in [0.29, 0.717) is 19.5 Å². The van der Waals surface area contributed by atoms with Crippen LogP contribution >= 0.6 is 11.8 Å². The van der Waals surface area contributed by atoms with Crippen molar-refractivity contribution < 1.29 is 13.2 Å². The first kappa shape index (κ1) is 20.6. The third-order valence-corrected chi connectivity index (χ3v) is 8.30. The number of likely N-dealkylation sites (tertiary alicyclic amines) is 1. The molecule has 2 saturated heterocycles. The van der Waals surface area contributed by atoms with E-state index >= 15 is 0 Å². The highest BCUT2D eigenvalue weighted by atomic mass is 32.2. The van der Waals surface area contributed by atoms with Gasteiger partial charge in [0.05, 0.1) is 6.42 Å². The second-order valence-corrected chi connectivity index (χ2v) is 10.5. The van der Waals surface area contributed by atoms with E-state index in [1.165, 1.54) is 9.20 Å². The molecule has 2 aliphatic heterocycles. The van der Waals surface area contributed by atoms with Gasteiger partial charge in [-0.05, 0) is 49.1 Å². The number of piperidine rings is 2. The number of amides is 1. The molecule has 8 heteroatoms. The van der Waals surface area contributed by atoms with Crippen LogP contribution in [0.5, 0.6) is 0 Å². The van der Waals surface area contributed by atoms with E-state index in [1.807, 2.05) is 23.3 Å². The topological polar surface area (TPSA) is 60.9 Å². The monoisotopic (exact) mass is 411 g/mol. The van der Waals surface area contributed by atoms with Gasteiger partial charge in [-0.2, -0.15) is 17.0 Å². The number of hydrogen-bond acceptors (Lipinski definition) is 4. The molecule has 0 unspecified atom stereocenters. The number of fused-ring (bicyclic) bond motifs is 1. The zero-order chi connectivity index (χ0) is 19.6. The van der Waals surface area contributed by atoms with E-state index in [1.54, 1.807) is 30.2 Å². The van der Waals surface area contributed by atoms with E-state index in [0.717, 1.165) is 31.4 Å². The molecule has 150 valence electrons. The standard InChI is InChI=1S/C19H29N3O3S2/c1-20(2)27(24,25)21-12-10-18-16(14-21)5-4-11-22(18)19(23)13-15-6-8-17(26-3)9-7-15/h6-9,16,18H,4-5,10-14H2,1-3H3/t16-,18+/m0/s1. The lowest BCUT2D eigenvalue weighted by Crippen LogP contribution is -2.58. The molecule has 0 saturated carbocycles. The van der Waals surface area contributed by atoms with Gasteiger partial charge in [0.25, 0.3) is 10.2 Å². The van der Waals surface area contributed by atoms with Gasteiger partial charge in [0.15, 0.2) is 0 Å². The molecule has 0 bridgehead atoms. The zero-order valence-electron chi connectivity index (χ0n) is 16.3. The van der Waals surface area contributed by atoms with Crippen LogP contribution in [-0.2, 0) is 21.4 Å². The average molecular weight is 412 g/mol. The molecule has 2 fully saturated rings. The van der Waals surface area contributed by atoms with Crippen LogP contribution in [0.1, 0.15) is 24.8 Å². The first-order valence-corrected chi connectivity index (χ1v) is 12.0. The number of benzene rings is 1. The van der Waals surface area contributed by atoms with Crippen molar-refractivity contribution in [3.8, 4) is 0 Å². The minimum absolute atomic E-state index is 0.158. The molecule has 2 aliphatic rings. The van der Waals surface area contributed by atoms with E-state index < -0.39 is 10.2 Å². The van der Waals surface area contributed by atoms with E-state index in [9.17, 15) is 13.2 Å². The maximum Gasteiger partial charge on any atom is 0.281 e. The summed E-state index contributed by atoms with van der Waals surface area (Å²) < 4.78 is 27.7. The third-order valence-electron chi connectivity index (χ3n) is 5.65. The molecule has 0 aliphatic carbocycles. The Morgan fingerprint density at radius 3 is 2.52 bits per heavy atom. The van der Waals surface area contributed by atoms with Crippen molar-refractivity contribution in [2.75, 3.05) is 40.0 Å². The zero-order valence-corrected chi connectivity index (χ0v) is 17.9. The predicted octanol–water partition coefficient (Wildman–Crippen LogP) is 2.07. The smallest absolute Gasteiger partial charge is 0.281 e. The summed E-state index contributed by atoms with van der Waals surface area (Å²) in [6.07, 6.45) is 5.09. The average Bonchev–Trinajstić information content (AvgIpc) is 2.67. The van der Waals surface area contributed by atoms with E-state index in [-0.39, 0.29) is 17.9 Å². The maximum absolute atomic E-state index is 12.9. The molecule has 0 aromatic heterocycles. The second kappa shape index (κ2) is 8.51. The SMILES string of the molecule is CSc1ccc(CC(=O)N2CCC[C@H]3CN(S(=O)(=O)N(C)C)CC[C@H]32)cc1. The summed E-state index contributed by atoms with van der Waals surface area (Å²) in [6, 6.07) is 8.31. The summed E-state index contributed by atoms with van der Waals surface area (Å²) in [5, 5.41) is 0. The van der Waals surface area contributed by atoms with Gasteiger partial charge in [-0.3, -0.25) is 4.79 Å². The lowest BCUT2D eigenvalue weighted by atomic mass is 9.84. The normalized spacial score (nSPS) is 24.1. The fraction of sp³-hybridized carbons (Fsp3) is 0.632. The minimum atomic E-state index is -3.38. The van der Waals surface area contributed by atoms with Crippen molar-refractivity contribution in [2.24, 2.45) is 5.92 Å². The predicted molar refractivity (Wildman–Crippen MR) is 109 cm³/mol. The second-order valence-electron chi connectivity index (χ2n) is 7.52. The van der Waals surface area contributed by atoms with Crippen LogP contribution in [0.25, 0.3) is 0 Å². The Hall–Kier alpha value is -1.09. The van der Waals surface area contributed by atoms with Crippen molar-refractivity contribution >= 4 is 27.9 Å². The van der Waals surface area contributed by atoms with Gasteiger partial charge in [-0.1, -0.05) is 12.1 Å². The van der Waals surface area contributed by atoms with Gasteiger partial charge < -0.3 is 4.90 Å². The first-order chi connectivity index (χ1) is 12.8. The Balaban J connectivity index is 1.66. The van der Waals surface area contributed by atoms with Crippen LogP contribution in [0.15, 0.2) is 29.2 Å². The third kappa shape index (κ3) is 4.50. The minimum Gasteiger partial charge on any atom is -0.339 e. The number of hydrogen-bond donors (Lipinski definition) is 0. The number of nitrogens with zero attached hydrogens (tertiary/aromatic N) is 3. The highest BCUT2D eigenvalue weighted by Gasteiger charge is 2.41.